The number of primary amides is 1. The third-order valence-electron chi connectivity index (χ3n) is 3.45. The minimum atomic E-state index is -0.510. The van der Waals surface area contributed by atoms with E-state index < -0.39 is 11.9 Å². The van der Waals surface area contributed by atoms with Gasteiger partial charge in [0.05, 0.1) is 0 Å². The molecule has 22 heavy (non-hydrogen) atoms. The summed E-state index contributed by atoms with van der Waals surface area (Å²) in [5, 5.41) is 3.18. The molecular formula is C18H22N2O2. The molecule has 0 radical (unpaired) electrons. The van der Waals surface area contributed by atoms with E-state index in [1.807, 2.05) is 68.4 Å². The maximum absolute atomic E-state index is 11.6. The molecule has 0 aliphatic rings. The van der Waals surface area contributed by atoms with E-state index in [9.17, 15) is 4.79 Å². The molecule has 0 bridgehead atoms. The number of benzene rings is 2. The Balaban J connectivity index is 1.95. The summed E-state index contributed by atoms with van der Waals surface area (Å²) < 4.78 is 5.90. The number of ether oxygens (including phenoxy) is 1. The van der Waals surface area contributed by atoms with Crippen LogP contribution in [0.2, 0.25) is 0 Å². The zero-order chi connectivity index (χ0) is 15.9. The summed E-state index contributed by atoms with van der Waals surface area (Å²) in [6.45, 7) is 4.49. The molecule has 2 unspecified atom stereocenters. The number of carbonyl (C=O) groups is 1. The standard InChI is InChI=1S/C18H22N2O2/c1-13-8-6-7-11-16(13)22-14(2)12-20-17(18(19)21)15-9-4-3-5-10-15/h3-11,14,17,20H,12H2,1-2H3,(H2,19,21). The average molecular weight is 298 g/mol. The molecular weight excluding hydrogens is 276 g/mol. The molecule has 2 rings (SSSR count). The van der Waals surface area contributed by atoms with Crippen LogP contribution in [0.15, 0.2) is 54.6 Å². The lowest BCUT2D eigenvalue weighted by molar-refractivity contribution is -0.120. The third-order valence-corrected chi connectivity index (χ3v) is 3.45. The van der Waals surface area contributed by atoms with Crippen LogP contribution in [0.5, 0.6) is 5.75 Å². The van der Waals surface area contributed by atoms with Crippen LogP contribution < -0.4 is 15.8 Å². The van der Waals surface area contributed by atoms with E-state index in [1.54, 1.807) is 0 Å². The smallest absolute Gasteiger partial charge is 0.239 e. The van der Waals surface area contributed by atoms with Gasteiger partial charge in [-0.25, -0.2) is 0 Å². The van der Waals surface area contributed by atoms with Crippen LogP contribution in [0.3, 0.4) is 0 Å². The molecule has 0 aliphatic carbocycles. The summed E-state index contributed by atoms with van der Waals surface area (Å²) in [7, 11) is 0. The van der Waals surface area contributed by atoms with Crippen molar-refractivity contribution >= 4 is 5.91 Å². The van der Waals surface area contributed by atoms with Gasteiger partial charge in [0.15, 0.2) is 0 Å². The van der Waals surface area contributed by atoms with Gasteiger partial charge in [0.25, 0.3) is 0 Å². The van der Waals surface area contributed by atoms with Crippen LogP contribution in [0, 0.1) is 6.92 Å². The second-order valence-electron chi connectivity index (χ2n) is 5.35. The summed E-state index contributed by atoms with van der Waals surface area (Å²) in [6.07, 6.45) is -0.0772. The minimum absolute atomic E-state index is 0.0772. The maximum Gasteiger partial charge on any atom is 0.239 e. The zero-order valence-electron chi connectivity index (χ0n) is 13.0. The van der Waals surface area contributed by atoms with Gasteiger partial charge in [0.2, 0.25) is 5.91 Å². The fourth-order valence-electron chi connectivity index (χ4n) is 2.26. The Hall–Kier alpha value is -2.33. The first-order chi connectivity index (χ1) is 10.6. The van der Waals surface area contributed by atoms with Crippen molar-refractivity contribution in [3.63, 3.8) is 0 Å². The highest BCUT2D eigenvalue weighted by atomic mass is 16.5. The summed E-state index contributed by atoms with van der Waals surface area (Å²) in [4.78, 5) is 11.6. The highest BCUT2D eigenvalue weighted by Crippen LogP contribution is 2.18. The number of hydrogen-bond acceptors (Lipinski definition) is 3. The van der Waals surface area contributed by atoms with Gasteiger partial charge in [-0.3, -0.25) is 10.1 Å². The molecule has 2 aromatic carbocycles. The van der Waals surface area contributed by atoms with Gasteiger partial charge in [0.1, 0.15) is 17.9 Å². The van der Waals surface area contributed by atoms with Gasteiger partial charge in [0, 0.05) is 6.54 Å². The van der Waals surface area contributed by atoms with Crippen molar-refractivity contribution in [2.24, 2.45) is 5.73 Å². The first-order valence-electron chi connectivity index (χ1n) is 7.38. The highest BCUT2D eigenvalue weighted by molar-refractivity contribution is 5.81. The molecule has 0 spiro atoms. The molecule has 1 amide bonds. The number of carbonyl (C=O) groups excluding carboxylic acids is 1. The first-order valence-corrected chi connectivity index (χ1v) is 7.38. The van der Waals surface area contributed by atoms with Crippen LogP contribution >= 0.6 is 0 Å². The van der Waals surface area contributed by atoms with Gasteiger partial charge >= 0.3 is 0 Å². The lowest BCUT2D eigenvalue weighted by Crippen LogP contribution is -2.38. The number of para-hydroxylation sites is 1. The van der Waals surface area contributed by atoms with Crippen molar-refractivity contribution in [2.75, 3.05) is 6.54 Å². The van der Waals surface area contributed by atoms with Crippen molar-refractivity contribution in [3.05, 3.63) is 65.7 Å². The number of rotatable bonds is 7. The fraction of sp³-hybridized carbons (Fsp3) is 0.278. The van der Waals surface area contributed by atoms with E-state index in [-0.39, 0.29) is 6.10 Å². The van der Waals surface area contributed by atoms with Crippen molar-refractivity contribution in [1.82, 2.24) is 5.32 Å². The molecule has 0 aliphatic heterocycles. The summed E-state index contributed by atoms with van der Waals surface area (Å²) >= 11 is 0. The van der Waals surface area contributed by atoms with E-state index in [1.165, 1.54) is 0 Å². The Labute approximate surface area is 131 Å². The average Bonchev–Trinajstić information content (AvgIpc) is 2.50. The van der Waals surface area contributed by atoms with Crippen LogP contribution in [0.25, 0.3) is 0 Å². The summed E-state index contributed by atoms with van der Waals surface area (Å²) in [5.74, 6) is 0.460. The number of nitrogens with one attached hydrogen (secondary N) is 1. The van der Waals surface area contributed by atoms with Crippen molar-refractivity contribution in [3.8, 4) is 5.75 Å². The molecule has 2 atom stereocenters. The monoisotopic (exact) mass is 298 g/mol. The van der Waals surface area contributed by atoms with Crippen molar-refractivity contribution in [2.45, 2.75) is 26.0 Å². The molecule has 0 saturated heterocycles. The number of nitrogens with two attached hydrogens (primary N) is 1. The van der Waals surface area contributed by atoms with E-state index in [4.69, 9.17) is 10.5 Å². The fourth-order valence-corrected chi connectivity index (χ4v) is 2.26. The molecule has 3 N–H and O–H groups in total. The Morgan fingerprint density at radius 3 is 2.41 bits per heavy atom. The predicted octanol–water partition coefficient (Wildman–Crippen LogP) is 2.58. The lowest BCUT2D eigenvalue weighted by Gasteiger charge is -2.21. The molecule has 2 aromatic rings. The topological polar surface area (TPSA) is 64.3 Å². The second kappa shape index (κ2) is 7.61. The molecule has 0 aromatic heterocycles. The van der Waals surface area contributed by atoms with Crippen molar-refractivity contribution in [1.29, 1.82) is 0 Å². The summed E-state index contributed by atoms with van der Waals surface area (Å²) in [5.41, 5.74) is 7.44. The van der Waals surface area contributed by atoms with Crippen LogP contribution in [-0.4, -0.2) is 18.6 Å². The van der Waals surface area contributed by atoms with Crippen molar-refractivity contribution < 1.29 is 9.53 Å². The van der Waals surface area contributed by atoms with E-state index >= 15 is 0 Å². The normalized spacial score (nSPS) is 13.4. The number of amides is 1. The molecule has 0 heterocycles. The minimum Gasteiger partial charge on any atom is -0.489 e. The molecule has 4 nitrogen and oxygen atoms in total. The molecule has 116 valence electrons. The maximum atomic E-state index is 11.6. The van der Waals surface area contributed by atoms with Gasteiger partial charge in [-0.15, -0.1) is 0 Å². The van der Waals surface area contributed by atoms with Crippen LogP contribution in [0.4, 0.5) is 0 Å². The Kier molecular flexibility index (Phi) is 5.55. The zero-order valence-corrected chi connectivity index (χ0v) is 13.0. The second-order valence-corrected chi connectivity index (χ2v) is 5.35. The predicted molar refractivity (Wildman–Crippen MR) is 87.6 cm³/mol. The number of hydrogen-bond donors (Lipinski definition) is 2. The SMILES string of the molecule is Cc1ccccc1OC(C)CNC(C(N)=O)c1ccccc1. The van der Waals surface area contributed by atoms with Gasteiger partial charge in [-0.05, 0) is 31.0 Å². The van der Waals surface area contributed by atoms with E-state index in [2.05, 4.69) is 5.32 Å². The quantitative estimate of drug-likeness (QED) is 0.825. The third kappa shape index (κ3) is 4.33. The van der Waals surface area contributed by atoms with Gasteiger partial charge < -0.3 is 10.5 Å². The van der Waals surface area contributed by atoms with Gasteiger partial charge in [-0.1, -0.05) is 48.5 Å². The Morgan fingerprint density at radius 1 is 1.14 bits per heavy atom. The van der Waals surface area contributed by atoms with Crippen LogP contribution in [-0.2, 0) is 4.79 Å². The molecule has 4 heteroatoms. The first kappa shape index (κ1) is 16.0. The highest BCUT2D eigenvalue weighted by Gasteiger charge is 2.18. The van der Waals surface area contributed by atoms with Gasteiger partial charge in [-0.2, -0.15) is 0 Å². The Bertz CT molecular complexity index is 613. The van der Waals surface area contributed by atoms with E-state index in [0.29, 0.717) is 6.54 Å². The number of aryl methyl sites for hydroxylation is 1. The Morgan fingerprint density at radius 2 is 1.77 bits per heavy atom. The largest absolute Gasteiger partial charge is 0.489 e. The van der Waals surface area contributed by atoms with E-state index in [0.717, 1.165) is 16.9 Å². The summed E-state index contributed by atoms with van der Waals surface area (Å²) in [6, 6.07) is 16.8. The lowest BCUT2D eigenvalue weighted by atomic mass is 10.1. The molecule has 0 fully saturated rings. The molecule has 0 saturated carbocycles. The van der Waals surface area contributed by atoms with Crippen LogP contribution in [0.1, 0.15) is 24.1 Å².